The zero-order valence-electron chi connectivity index (χ0n) is 10.8. The quantitative estimate of drug-likeness (QED) is 0.866. The van der Waals surface area contributed by atoms with Crippen LogP contribution >= 0.6 is 0 Å². The van der Waals surface area contributed by atoms with Crippen LogP contribution in [-0.2, 0) is 14.6 Å². The van der Waals surface area contributed by atoms with E-state index in [1.165, 1.54) is 6.07 Å². The van der Waals surface area contributed by atoms with Gasteiger partial charge in [-0.3, -0.25) is 4.79 Å². The normalized spacial score (nSPS) is 16.9. The minimum atomic E-state index is -3.93. The maximum Gasteiger partial charge on any atom is 0.303 e. The molecule has 5 nitrogen and oxygen atoms in total. The van der Waals surface area contributed by atoms with Gasteiger partial charge in [-0.25, -0.2) is 12.8 Å². The maximum absolute atomic E-state index is 14.4. The fourth-order valence-corrected chi connectivity index (χ4v) is 3.31. The number of carboxylic acid groups (broad SMARTS) is 1. The fourth-order valence-electron chi connectivity index (χ4n) is 2.42. The molecule has 1 aliphatic carbocycles. The van der Waals surface area contributed by atoms with Gasteiger partial charge in [0.2, 0.25) is 0 Å². The van der Waals surface area contributed by atoms with Gasteiger partial charge in [-0.1, -0.05) is 6.07 Å². The van der Waals surface area contributed by atoms with Gasteiger partial charge in [0, 0.05) is 12.2 Å². The van der Waals surface area contributed by atoms with Crippen molar-refractivity contribution in [1.29, 1.82) is 0 Å². The standard InChI is InChI=1S/C13H15FO5S/c1-20(18,19)13-10(15)5-4-8(12(13)14)9(6-11(16)17)7-2-3-7/h4-5,7,9,15H,2-3,6H2,1H3,(H,16,17). The van der Waals surface area contributed by atoms with Crippen LogP contribution in [0, 0.1) is 11.7 Å². The van der Waals surface area contributed by atoms with Gasteiger partial charge in [0.1, 0.15) is 16.5 Å². The number of carboxylic acids is 1. The largest absolute Gasteiger partial charge is 0.506 e. The molecule has 7 heteroatoms. The molecule has 0 bridgehead atoms. The predicted molar refractivity (Wildman–Crippen MR) is 68.9 cm³/mol. The SMILES string of the molecule is CS(=O)(=O)c1c(O)ccc(C(CC(=O)O)C2CC2)c1F. The average Bonchev–Trinajstić information content (AvgIpc) is 3.08. The summed E-state index contributed by atoms with van der Waals surface area (Å²) in [5.41, 5.74) is 0.0492. The van der Waals surface area contributed by atoms with Crippen molar-refractivity contribution in [2.45, 2.75) is 30.1 Å². The van der Waals surface area contributed by atoms with Crippen molar-refractivity contribution in [2.75, 3.05) is 6.26 Å². The van der Waals surface area contributed by atoms with E-state index in [0.29, 0.717) is 0 Å². The summed E-state index contributed by atoms with van der Waals surface area (Å²) < 4.78 is 37.5. The Morgan fingerprint density at radius 3 is 2.50 bits per heavy atom. The smallest absolute Gasteiger partial charge is 0.303 e. The highest BCUT2D eigenvalue weighted by molar-refractivity contribution is 7.90. The minimum Gasteiger partial charge on any atom is -0.506 e. The maximum atomic E-state index is 14.4. The second-order valence-corrected chi connectivity index (χ2v) is 7.08. The number of benzene rings is 1. The molecule has 1 saturated carbocycles. The Morgan fingerprint density at radius 1 is 1.45 bits per heavy atom. The molecule has 1 fully saturated rings. The van der Waals surface area contributed by atoms with Crippen molar-refractivity contribution < 1.29 is 27.8 Å². The van der Waals surface area contributed by atoms with Gasteiger partial charge in [0.15, 0.2) is 9.84 Å². The first-order chi connectivity index (χ1) is 9.21. The van der Waals surface area contributed by atoms with Crippen LogP contribution in [0.15, 0.2) is 17.0 Å². The summed E-state index contributed by atoms with van der Waals surface area (Å²) in [7, 11) is -3.93. The average molecular weight is 302 g/mol. The highest BCUT2D eigenvalue weighted by atomic mass is 32.2. The lowest BCUT2D eigenvalue weighted by molar-refractivity contribution is -0.137. The van der Waals surface area contributed by atoms with Crippen molar-refractivity contribution in [2.24, 2.45) is 5.92 Å². The van der Waals surface area contributed by atoms with Gasteiger partial charge in [0.25, 0.3) is 0 Å². The number of hydrogen-bond acceptors (Lipinski definition) is 4. The molecule has 0 amide bonds. The molecule has 20 heavy (non-hydrogen) atoms. The fraction of sp³-hybridized carbons (Fsp3) is 0.462. The minimum absolute atomic E-state index is 0.0492. The first-order valence-corrected chi connectivity index (χ1v) is 8.04. The van der Waals surface area contributed by atoms with Gasteiger partial charge in [-0.15, -0.1) is 0 Å². The number of hydrogen-bond donors (Lipinski definition) is 2. The molecule has 1 atom stereocenters. The predicted octanol–water partition coefficient (Wildman–Crippen LogP) is 1.90. The molecule has 1 unspecified atom stereocenters. The molecule has 2 rings (SSSR count). The lowest BCUT2D eigenvalue weighted by Gasteiger charge is -2.17. The van der Waals surface area contributed by atoms with Crippen LogP contribution in [0.2, 0.25) is 0 Å². The second kappa shape index (κ2) is 5.05. The zero-order chi connectivity index (χ0) is 15.1. The van der Waals surface area contributed by atoms with Crippen LogP contribution in [0.25, 0.3) is 0 Å². The number of aromatic hydroxyl groups is 1. The molecule has 0 saturated heterocycles. The Labute approximate surface area is 116 Å². The topological polar surface area (TPSA) is 91.7 Å². The monoisotopic (exact) mass is 302 g/mol. The van der Waals surface area contributed by atoms with Crippen molar-refractivity contribution >= 4 is 15.8 Å². The summed E-state index contributed by atoms with van der Waals surface area (Å²) in [6, 6.07) is 2.37. The summed E-state index contributed by atoms with van der Waals surface area (Å²) in [6.07, 6.45) is 2.15. The lowest BCUT2D eigenvalue weighted by Crippen LogP contribution is -2.12. The Hall–Kier alpha value is -1.63. The Bertz CT molecular complexity index is 649. The van der Waals surface area contributed by atoms with E-state index in [1.807, 2.05) is 0 Å². The van der Waals surface area contributed by atoms with E-state index >= 15 is 0 Å². The van der Waals surface area contributed by atoms with Crippen molar-refractivity contribution in [3.05, 3.63) is 23.5 Å². The summed E-state index contributed by atoms with van der Waals surface area (Å²) in [5.74, 6) is -3.26. The van der Waals surface area contributed by atoms with Gasteiger partial charge in [-0.05, 0) is 30.4 Å². The number of aliphatic carboxylic acids is 1. The molecule has 0 heterocycles. The summed E-state index contributed by atoms with van der Waals surface area (Å²) in [5, 5.41) is 18.4. The van der Waals surface area contributed by atoms with E-state index in [4.69, 9.17) is 5.11 Å². The number of phenolic OH excluding ortho intramolecular Hbond substituents is 1. The number of halogens is 1. The zero-order valence-corrected chi connectivity index (χ0v) is 11.7. The van der Waals surface area contributed by atoms with E-state index in [2.05, 4.69) is 0 Å². The molecule has 2 N–H and O–H groups in total. The molecule has 0 radical (unpaired) electrons. The van der Waals surface area contributed by atoms with Crippen LogP contribution in [0.4, 0.5) is 4.39 Å². The summed E-state index contributed by atoms with van der Waals surface area (Å²) >= 11 is 0. The second-order valence-electron chi connectivity index (χ2n) is 5.13. The van der Waals surface area contributed by atoms with Crippen molar-refractivity contribution in [3.63, 3.8) is 0 Å². The molecule has 1 aliphatic rings. The van der Waals surface area contributed by atoms with Crippen molar-refractivity contribution in [3.8, 4) is 5.75 Å². The van der Waals surface area contributed by atoms with E-state index in [-0.39, 0.29) is 17.9 Å². The summed E-state index contributed by atoms with van der Waals surface area (Å²) in [6.45, 7) is 0. The van der Waals surface area contributed by atoms with Gasteiger partial charge >= 0.3 is 5.97 Å². The first kappa shape index (κ1) is 14.8. The molecular formula is C13H15FO5S. The van der Waals surface area contributed by atoms with Crippen LogP contribution in [-0.4, -0.2) is 30.9 Å². The molecule has 110 valence electrons. The molecule has 0 spiro atoms. The first-order valence-electron chi connectivity index (χ1n) is 6.15. The molecular weight excluding hydrogens is 287 g/mol. The van der Waals surface area contributed by atoms with E-state index in [0.717, 1.165) is 25.2 Å². The van der Waals surface area contributed by atoms with Crippen molar-refractivity contribution in [1.82, 2.24) is 0 Å². The third-order valence-electron chi connectivity index (χ3n) is 3.46. The van der Waals surface area contributed by atoms with Crippen LogP contribution in [0.3, 0.4) is 0 Å². The Morgan fingerprint density at radius 2 is 2.05 bits per heavy atom. The highest BCUT2D eigenvalue weighted by Gasteiger charge is 2.37. The Balaban J connectivity index is 2.54. The summed E-state index contributed by atoms with van der Waals surface area (Å²) in [4.78, 5) is 10.1. The van der Waals surface area contributed by atoms with Crippen LogP contribution in [0.1, 0.15) is 30.7 Å². The molecule has 1 aromatic carbocycles. The number of rotatable bonds is 5. The number of phenols is 1. The van der Waals surface area contributed by atoms with Crippen LogP contribution in [0.5, 0.6) is 5.75 Å². The van der Waals surface area contributed by atoms with Gasteiger partial charge < -0.3 is 10.2 Å². The van der Waals surface area contributed by atoms with E-state index in [9.17, 15) is 22.7 Å². The third kappa shape index (κ3) is 2.92. The molecule has 1 aromatic rings. The molecule has 0 aliphatic heterocycles. The lowest BCUT2D eigenvalue weighted by atomic mass is 9.90. The number of sulfone groups is 1. The van der Waals surface area contributed by atoms with E-state index in [1.54, 1.807) is 0 Å². The Kier molecular flexibility index (Phi) is 3.73. The highest BCUT2D eigenvalue weighted by Crippen LogP contribution is 2.46. The van der Waals surface area contributed by atoms with Crippen LogP contribution < -0.4 is 0 Å². The van der Waals surface area contributed by atoms with E-state index < -0.39 is 38.2 Å². The number of carbonyl (C=O) groups is 1. The third-order valence-corrected chi connectivity index (χ3v) is 4.59. The van der Waals surface area contributed by atoms with Gasteiger partial charge in [-0.2, -0.15) is 0 Å². The molecule has 0 aromatic heterocycles. The van der Waals surface area contributed by atoms with Gasteiger partial charge in [0.05, 0.1) is 6.42 Å².